The van der Waals surface area contributed by atoms with Crippen LogP contribution < -0.4 is 0 Å². The Morgan fingerprint density at radius 2 is 2.07 bits per heavy atom. The quantitative estimate of drug-likeness (QED) is 0.368. The molecule has 2 bridgehead atoms. The molecule has 0 saturated heterocycles. The predicted molar refractivity (Wildman–Crippen MR) is 110 cm³/mol. The van der Waals surface area contributed by atoms with Gasteiger partial charge in [0.1, 0.15) is 6.10 Å². The Morgan fingerprint density at radius 3 is 2.70 bits per heavy atom. The van der Waals surface area contributed by atoms with E-state index in [9.17, 15) is 24.9 Å². The number of carbonyl (C=O) groups excluding carboxylic acids is 2. The van der Waals surface area contributed by atoms with Gasteiger partial charge in [0, 0.05) is 12.0 Å². The summed E-state index contributed by atoms with van der Waals surface area (Å²) in [7, 11) is 0. The first kappa shape index (κ1) is 21.5. The van der Waals surface area contributed by atoms with Gasteiger partial charge in [-0.2, -0.15) is 0 Å². The van der Waals surface area contributed by atoms with Gasteiger partial charge < -0.3 is 20.1 Å². The molecular formula is C24H32O6. The first-order valence-corrected chi connectivity index (χ1v) is 10.9. The summed E-state index contributed by atoms with van der Waals surface area (Å²) in [5.41, 5.74) is -2.63. The number of aliphatic hydroxyl groups is 3. The van der Waals surface area contributed by atoms with Gasteiger partial charge in [0.2, 0.25) is 0 Å². The molecule has 0 aromatic heterocycles. The Morgan fingerprint density at radius 1 is 1.37 bits per heavy atom. The van der Waals surface area contributed by atoms with E-state index in [2.05, 4.69) is 13.8 Å². The molecule has 0 aromatic rings. The van der Waals surface area contributed by atoms with E-state index in [1.54, 1.807) is 25.2 Å². The van der Waals surface area contributed by atoms with E-state index in [4.69, 9.17) is 4.74 Å². The number of fused-ring (bicyclic) bond motifs is 3. The zero-order valence-electron chi connectivity index (χ0n) is 18.1. The summed E-state index contributed by atoms with van der Waals surface area (Å²) in [6.45, 7) is 7.42. The third-order valence-corrected chi connectivity index (χ3v) is 8.19. The Labute approximate surface area is 177 Å². The number of aliphatic hydroxyl groups excluding tert-OH is 2. The van der Waals surface area contributed by atoms with Crippen LogP contribution >= 0.6 is 0 Å². The van der Waals surface area contributed by atoms with Crippen molar-refractivity contribution in [2.45, 2.75) is 64.8 Å². The van der Waals surface area contributed by atoms with Crippen LogP contribution in [0.15, 0.2) is 35.5 Å². The second-order valence-electron chi connectivity index (χ2n) is 10.00. The van der Waals surface area contributed by atoms with Crippen LogP contribution in [0, 0.1) is 28.6 Å². The Balaban J connectivity index is 1.83. The van der Waals surface area contributed by atoms with Gasteiger partial charge in [-0.3, -0.25) is 4.79 Å². The number of ether oxygens (including phenoxy) is 1. The van der Waals surface area contributed by atoms with Crippen LogP contribution in [-0.2, 0) is 14.3 Å². The van der Waals surface area contributed by atoms with Crippen molar-refractivity contribution in [1.82, 2.24) is 0 Å². The average molecular weight is 417 g/mol. The SMILES string of the molecule is CCC=CC(=O)OC1C(C)=CC23CCC4C(C(C=C(CO)C(O)C12O)C3=O)C4(C)C. The van der Waals surface area contributed by atoms with Gasteiger partial charge in [0.25, 0.3) is 0 Å². The normalized spacial score (nSPS) is 43.8. The van der Waals surface area contributed by atoms with Crippen molar-refractivity contribution in [3.63, 3.8) is 0 Å². The highest BCUT2D eigenvalue weighted by molar-refractivity contribution is 5.95. The van der Waals surface area contributed by atoms with E-state index in [0.717, 1.165) is 6.42 Å². The minimum absolute atomic E-state index is 0.000584. The topological polar surface area (TPSA) is 104 Å². The van der Waals surface area contributed by atoms with Gasteiger partial charge in [-0.25, -0.2) is 4.79 Å². The Kier molecular flexibility index (Phi) is 4.92. The molecule has 30 heavy (non-hydrogen) atoms. The van der Waals surface area contributed by atoms with Gasteiger partial charge in [0.15, 0.2) is 17.5 Å². The molecule has 0 radical (unpaired) electrons. The fourth-order valence-corrected chi connectivity index (χ4v) is 6.58. The van der Waals surface area contributed by atoms with Crippen molar-refractivity contribution in [3.05, 3.63) is 35.5 Å². The minimum atomic E-state index is -2.05. The van der Waals surface area contributed by atoms with E-state index in [1.807, 2.05) is 6.92 Å². The van der Waals surface area contributed by atoms with E-state index < -0.39 is 41.7 Å². The van der Waals surface area contributed by atoms with Gasteiger partial charge >= 0.3 is 5.97 Å². The van der Waals surface area contributed by atoms with E-state index in [1.165, 1.54) is 6.08 Å². The van der Waals surface area contributed by atoms with Crippen LogP contribution in [-0.4, -0.2) is 51.5 Å². The molecule has 0 heterocycles. The highest BCUT2D eigenvalue weighted by atomic mass is 16.6. The predicted octanol–water partition coefficient (Wildman–Crippen LogP) is 2.09. The number of carbonyl (C=O) groups is 2. The molecule has 4 aliphatic carbocycles. The van der Waals surface area contributed by atoms with E-state index in [-0.39, 0.29) is 22.7 Å². The van der Waals surface area contributed by atoms with Crippen LogP contribution in [0.3, 0.4) is 0 Å². The van der Waals surface area contributed by atoms with Gasteiger partial charge in [-0.1, -0.05) is 39.0 Å². The molecule has 7 unspecified atom stereocenters. The summed E-state index contributed by atoms with van der Waals surface area (Å²) in [6.07, 6.45) is 5.44. The van der Waals surface area contributed by atoms with E-state index >= 15 is 0 Å². The highest BCUT2D eigenvalue weighted by Gasteiger charge is 2.74. The highest BCUT2D eigenvalue weighted by Crippen LogP contribution is 2.70. The number of ketones is 1. The monoisotopic (exact) mass is 416 g/mol. The first-order valence-electron chi connectivity index (χ1n) is 10.9. The van der Waals surface area contributed by atoms with Crippen molar-refractivity contribution in [3.8, 4) is 0 Å². The van der Waals surface area contributed by atoms with Crippen molar-refractivity contribution < 1.29 is 29.6 Å². The zero-order valence-corrected chi connectivity index (χ0v) is 18.1. The molecule has 6 nitrogen and oxygen atoms in total. The fourth-order valence-electron chi connectivity index (χ4n) is 6.58. The minimum Gasteiger partial charge on any atom is -0.451 e. The van der Waals surface area contributed by atoms with Crippen LogP contribution in [0.5, 0.6) is 0 Å². The lowest BCUT2D eigenvalue weighted by atomic mass is 9.63. The molecule has 4 aliphatic rings. The lowest BCUT2D eigenvalue weighted by Gasteiger charge is -2.46. The number of hydrogen-bond donors (Lipinski definition) is 3. The maximum absolute atomic E-state index is 13.9. The summed E-state index contributed by atoms with van der Waals surface area (Å²) in [5, 5.41) is 33.3. The second-order valence-corrected chi connectivity index (χ2v) is 10.00. The lowest BCUT2D eigenvalue weighted by Crippen LogP contribution is -2.63. The summed E-state index contributed by atoms with van der Waals surface area (Å²) < 4.78 is 5.61. The Hall–Kier alpha value is -1.76. The smallest absolute Gasteiger partial charge is 0.331 e. The maximum Gasteiger partial charge on any atom is 0.331 e. The molecule has 3 N–H and O–H groups in total. The molecule has 0 aliphatic heterocycles. The van der Waals surface area contributed by atoms with Gasteiger partial charge in [-0.05, 0) is 54.6 Å². The van der Waals surface area contributed by atoms with Crippen LogP contribution in [0.25, 0.3) is 0 Å². The van der Waals surface area contributed by atoms with Crippen LogP contribution in [0.1, 0.15) is 47.0 Å². The summed E-state index contributed by atoms with van der Waals surface area (Å²) in [6, 6.07) is 0. The van der Waals surface area contributed by atoms with E-state index in [0.29, 0.717) is 24.3 Å². The average Bonchev–Trinajstić information content (AvgIpc) is 3.23. The molecule has 0 aromatic carbocycles. The van der Waals surface area contributed by atoms with Crippen molar-refractivity contribution in [2.75, 3.05) is 6.61 Å². The third-order valence-electron chi connectivity index (χ3n) is 8.19. The fraction of sp³-hybridized carbons (Fsp3) is 0.667. The summed E-state index contributed by atoms with van der Waals surface area (Å²) >= 11 is 0. The molecule has 4 rings (SSSR count). The van der Waals surface area contributed by atoms with Crippen LogP contribution in [0.4, 0.5) is 0 Å². The lowest BCUT2D eigenvalue weighted by molar-refractivity contribution is -0.194. The maximum atomic E-state index is 13.9. The molecular weight excluding hydrogens is 384 g/mol. The van der Waals surface area contributed by atoms with Crippen molar-refractivity contribution in [1.29, 1.82) is 0 Å². The first-order chi connectivity index (χ1) is 14.1. The Bertz CT molecular complexity index is 867. The molecule has 0 amide bonds. The number of hydrogen-bond acceptors (Lipinski definition) is 6. The third kappa shape index (κ3) is 2.60. The molecule has 6 heteroatoms. The molecule has 1 spiro atoms. The molecule has 164 valence electrons. The summed E-state index contributed by atoms with van der Waals surface area (Å²) in [4.78, 5) is 26.3. The zero-order chi connectivity index (χ0) is 22.1. The van der Waals surface area contributed by atoms with Gasteiger partial charge in [-0.15, -0.1) is 0 Å². The largest absolute Gasteiger partial charge is 0.451 e. The molecule has 2 saturated carbocycles. The second kappa shape index (κ2) is 6.87. The van der Waals surface area contributed by atoms with Crippen molar-refractivity contribution in [2.24, 2.45) is 28.6 Å². The molecule has 2 fully saturated rings. The van der Waals surface area contributed by atoms with Crippen LogP contribution in [0.2, 0.25) is 0 Å². The number of rotatable bonds is 4. The number of Topliss-reactive ketones (excluding diaryl/α,β-unsaturated/α-hetero) is 1. The summed E-state index contributed by atoms with van der Waals surface area (Å²) in [5.74, 6) is -0.815. The number of allylic oxidation sites excluding steroid dienone is 2. The van der Waals surface area contributed by atoms with Crippen molar-refractivity contribution >= 4 is 11.8 Å². The number of esters is 1. The molecule has 7 atom stereocenters. The van der Waals surface area contributed by atoms with Gasteiger partial charge in [0.05, 0.1) is 12.0 Å². The standard InChI is InChI=1S/C24H32O6/c1-5-6-7-17(26)30-21-13(2)11-23-9-8-16-18(22(16,3)4)15(20(23)28)10-14(12-25)19(27)24(21,23)29/h6-7,10-11,15-16,18-19,21,25,27,29H,5,8-9,12H2,1-4H3.